The van der Waals surface area contributed by atoms with Gasteiger partial charge in [-0.15, -0.1) is 0 Å². The van der Waals surface area contributed by atoms with E-state index in [9.17, 15) is 4.39 Å². The molecule has 0 aromatic carbocycles. The fraction of sp³-hybridized carbons (Fsp3) is 0.500. The smallest absolute Gasteiger partial charge is 0.245 e. The van der Waals surface area contributed by atoms with Crippen molar-refractivity contribution in [2.24, 2.45) is 0 Å². The molecule has 0 aliphatic carbocycles. The second-order valence-electron chi connectivity index (χ2n) is 4.17. The Bertz CT molecular complexity index is 587. The maximum atomic E-state index is 13.5. The van der Waals surface area contributed by atoms with Gasteiger partial charge in [0, 0.05) is 0 Å². The number of aliphatic hydroxyl groups excluding tert-OH is 1. The van der Waals surface area contributed by atoms with Crippen molar-refractivity contribution in [3.8, 4) is 0 Å². The minimum absolute atomic E-state index is 0.0331. The standard InChI is InChI=1S/C10H12FN5O2/c11-8-7-9(15-10(12)14-8)16(4-13-7)6-2-1-5(3-17)18-6/h4-6,17H,1-3H2,(H2,12,14,15)/t5-,6+/m0/s1. The number of nitrogens with zero attached hydrogens (tertiary/aromatic N) is 4. The Balaban J connectivity index is 2.03. The highest BCUT2D eigenvalue weighted by atomic mass is 19.1. The first-order valence-electron chi connectivity index (χ1n) is 5.61. The molecule has 8 heteroatoms. The van der Waals surface area contributed by atoms with Crippen molar-refractivity contribution >= 4 is 17.1 Å². The normalized spacial score (nSPS) is 23.9. The van der Waals surface area contributed by atoms with E-state index in [2.05, 4.69) is 15.0 Å². The van der Waals surface area contributed by atoms with Gasteiger partial charge in [0.25, 0.3) is 0 Å². The number of ether oxygens (including phenoxy) is 1. The molecule has 0 bridgehead atoms. The third-order valence-electron chi connectivity index (χ3n) is 3.00. The van der Waals surface area contributed by atoms with E-state index in [0.29, 0.717) is 12.1 Å². The van der Waals surface area contributed by atoms with Gasteiger partial charge in [-0.1, -0.05) is 0 Å². The molecule has 0 unspecified atom stereocenters. The third-order valence-corrected chi connectivity index (χ3v) is 3.00. The van der Waals surface area contributed by atoms with Gasteiger partial charge in [-0.2, -0.15) is 14.4 Å². The largest absolute Gasteiger partial charge is 0.394 e. The number of nitrogen functional groups attached to an aromatic ring is 1. The number of fused-ring (bicyclic) bond motifs is 1. The van der Waals surface area contributed by atoms with Crippen LogP contribution in [0.15, 0.2) is 6.33 Å². The van der Waals surface area contributed by atoms with Gasteiger partial charge in [0.05, 0.1) is 19.0 Å². The van der Waals surface area contributed by atoms with Crippen molar-refractivity contribution in [2.75, 3.05) is 12.3 Å². The summed E-state index contributed by atoms with van der Waals surface area (Å²) in [5, 5.41) is 9.03. The maximum absolute atomic E-state index is 13.5. The molecule has 3 heterocycles. The summed E-state index contributed by atoms with van der Waals surface area (Å²) in [5.41, 5.74) is 5.80. The Morgan fingerprint density at radius 1 is 1.50 bits per heavy atom. The zero-order valence-electron chi connectivity index (χ0n) is 9.45. The second-order valence-corrected chi connectivity index (χ2v) is 4.17. The summed E-state index contributed by atoms with van der Waals surface area (Å²) in [4.78, 5) is 11.3. The molecule has 0 spiro atoms. The Hall–Kier alpha value is -1.80. The summed E-state index contributed by atoms with van der Waals surface area (Å²) < 4.78 is 20.7. The number of nitrogens with two attached hydrogens (primary N) is 1. The lowest BCUT2D eigenvalue weighted by atomic mass is 10.2. The number of halogens is 1. The lowest BCUT2D eigenvalue weighted by molar-refractivity contribution is -0.0207. The van der Waals surface area contributed by atoms with Crippen LogP contribution >= 0.6 is 0 Å². The van der Waals surface area contributed by atoms with E-state index in [-0.39, 0.29) is 30.4 Å². The predicted molar refractivity (Wildman–Crippen MR) is 59.9 cm³/mol. The first-order chi connectivity index (χ1) is 8.69. The number of rotatable bonds is 2. The minimum Gasteiger partial charge on any atom is -0.394 e. The molecule has 96 valence electrons. The molecule has 0 saturated carbocycles. The summed E-state index contributed by atoms with van der Waals surface area (Å²) in [6.45, 7) is -0.0331. The van der Waals surface area contributed by atoms with Crippen molar-refractivity contribution in [2.45, 2.75) is 25.2 Å². The molecule has 3 N–H and O–H groups in total. The monoisotopic (exact) mass is 253 g/mol. The summed E-state index contributed by atoms with van der Waals surface area (Å²) in [6.07, 6.45) is 2.40. The maximum Gasteiger partial charge on any atom is 0.245 e. The Morgan fingerprint density at radius 2 is 2.33 bits per heavy atom. The summed E-state index contributed by atoms with van der Waals surface area (Å²) in [7, 11) is 0. The van der Waals surface area contributed by atoms with Gasteiger partial charge in [-0.3, -0.25) is 4.57 Å². The number of aromatic nitrogens is 4. The van der Waals surface area contributed by atoms with E-state index in [1.165, 1.54) is 6.33 Å². The van der Waals surface area contributed by atoms with Crippen LogP contribution in [0.3, 0.4) is 0 Å². The van der Waals surface area contributed by atoms with Crippen LogP contribution in [0.4, 0.5) is 10.3 Å². The number of hydrogen-bond donors (Lipinski definition) is 2. The van der Waals surface area contributed by atoms with Gasteiger partial charge in [-0.25, -0.2) is 4.98 Å². The number of aliphatic hydroxyl groups is 1. The van der Waals surface area contributed by atoms with Crippen LogP contribution in [0.5, 0.6) is 0 Å². The van der Waals surface area contributed by atoms with Crippen LogP contribution in [-0.4, -0.2) is 37.3 Å². The molecule has 18 heavy (non-hydrogen) atoms. The average Bonchev–Trinajstić information content (AvgIpc) is 2.93. The predicted octanol–water partition coefficient (Wildman–Crippen LogP) is 0.217. The molecule has 1 fully saturated rings. The fourth-order valence-electron chi connectivity index (χ4n) is 2.13. The molecule has 2 atom stereocenters. The van der Waals surface area contributed by atoms with E-state index < -0.39 is 5.95 Å². The van der Waals surface area contributed by atoms with Crippen LogP contribution in [0, 0.1) is 5.95 Å². The first-order valence-corrected chi connectivity index (χ1v) is 5.61. The average molecular weight is 253 g/mol. The molecule has 1 aliphatic heterocycles. The SMILES string of the molecule is Nc1nc(F)c2ncn([C@H]3CC[C@@H](CO)O3)c2n1. The molecule has 1 aliphatic rings. The van der Waals surface area contributed by atoms with Gasteiger partial charge in [0.15, 0.2) is 11.2 Å². The Labute approximate surface area is 101 Å². The number of anilines is 1. The second kappa shape index (κ2) is 4.14. The quantitative estimate of drug-likeness (QED) is 0.743. The Morgan fingerprint density at radius 3 is 3.06 bits per heavy atom. The van der Waals surface area contributed by atoms with Gasteiger partial charge in [0.2, 0.25) is 11.9 Å². The van der Waals surface area contributed by atoms with Crippen molar-refractivity contribution in [1.29, 1.82) is 0 Å². The molecular weight excluding hydrogens is 241 g/mol. The fourth-order valence-corrected chi connectivity index (χ4v) is 2.13. The van der Waals surface area contributed by atoms with Gasteiger partial charge in [-0.05, 0) is 12.8 Å². The highest BCUT2D eigenvalue weighted by Gasteiger charge is 2.28. The molecule has 2 aromatic heterocycles. The molecular formula is C10H12FN5O2. The third kappa shape index (κ3) is 1.70. The molecule has 7 nitrogen and oxygen atoms in total. The van der Waals surface area contributed by atoms with Crippen molar-refractivity contribution in [1.82, 2.24) is 19.5 Å². The van der Waals surface area contributed by atoms with Gasteiger partial charge < -0.3 is 15.6 Å². The zero-order chi connectivity index (χ0) is 12.7. The minimum atomic E-state index is -0.743. The van der Waals surface area contributed by atoms with Crippen molar-refractivity contribution < 1.29 is 14.2 Å². The van der Waals surface area contributed by atoms with Gasteiger partial charge in [0.1, 0.15) is 6.23 Å². The van der Waals surface area contributed by atoms with Crippen molar-refractivity contribution in [3.63, 3.8) is 0 Å². The zero-order valence-corrected chi connectivity index (χ0v) is 9.45. The van der Waals surface area contributed by atoms with Crippen LogP contribution in [0.1, 0.15) is 19.1 Å². The topological polar surface area (TPSA) is 99.1 Å². The van der Waals surface area contributed by atoms with E-state index >= 15 is 0 Å². The lowest BCUT2D eigenvalue weighted by Gasteiger charge is -2.13. The molecule has 0 amide bonds. The molecule has 1 saturated heterocycles. The van der Waals surface area contributed by atoms with E-state index in [1.807, 2.05) is 0 Å². The molecule has 0 radical (unpaired) electrons. The summed E-state index contributed by atoms with van der Waals surface area (Å²) >= 11 is 0. The van der Waals surface area contributed by atoms with Crippen LogP contribution in [-0.2, 0) is 4.74 Å². The van der Waals surface area contributed by atoms with E-state index in [0.717, 1.165) is 6.42 Å². The van der Waals surface area contributed by atoms with Crippen LogP contribution in [0.2, 0.25) is 0 Å². The lowest BCUT2D eigenvalue weighted by Crippen LogP contribution is -2.14. The number of imidazole rings is 1. The van der Waals surface area contributed by atoms with Crippen LogP contribution in [0.25, 0.3) is 11.2 Å². The van der Waals surface area contributed by atoms with Crippen LogP contribution < -0.4 is 5.73 Å². The number of hydrogen-bond acceptors (Lipinski definition) is 6. The van der Waals surface area contributed by atoms with E-state index in [4.69, 9.17) is 15.6 Å². The molecule has 3 rings (SSSR count). The molecule has 2 aromatic rings. The summed E-state index contributed by atoms with van der Waals surface area (Å²) in [6, 6.07) is 0. The van der Waals surface area contributed by atoms with Gasteiger partial charge >= 0.3 is 0 Å². The van der Waals surface area contributed by atoms with E-state index in [1.54, 1.807) is 4.57 Å². The Kier molecular flexibility index (Phi) is 2.60. The summed E-state index contributed by atoms with van der Waals surface area (Å²) in [5.74, 6) is -0.883. The van der Waals surface area contributed by atoms with Crippen molar-refractivity contribution in [3.05, 3.63) is 12.3 Å². The highest BCUT2D eigenvalue weighted by molar-refractivity contribution is 5.71. The highest BCUT2D eigenvalue weighted by Crippen LogP contribution is 2.30. The first kappa shape index (κ1) is 11.3.